The Bertz CT molecular complexity index is 488. The van der Waals surface area contributed by atoms with Crippen LogP contribution < -0.4 is 5.73 Å². The minimum absolute atomic E-state index is 0.496. The van der Waals surface area contributed by atoms with Gasteiger partial charge in [-0.2, -0.15) is 0 Å². The summed E-state index contributed by atoms with van der Waals surface area (Å²) in [6.07, 6.45) is 0. The van der Waals surface area contributed by atoms with Crippen molar-refractivity contribution in [2.75, 3.05) is 0 Å². The number of hydrogen-bond donors (Lipinski definition) is 1. The number of benzene rings is 1. The second kappa shape index (κ2) is 4.12. The average Bonchev–Trinajstić information content (AvgIpc) is 2.55. The molecule has 0 saturated carbocycles. The van der Waals surface area contributed by atoms with Gasteiger partial charge in [0.15, 0.2) is 0 Å². The molecule has 3 heteroatoms. The molecule has 0 bridgehead atoms. The Hall–Kier alpha value is -0.570. The third kappa shape index (κ3) is 1.89. The van der Waals surface area contributed by atoms with Gasteiger partial charge in [0.25, 0.3) is 0 Å². The number of fused-ring (bicyclic) bond motifs is 1. The van der Waals surface area contributed by atoms with Crippen molar-refractivity contribution in [1.82, 2.24) is 0 Å². The quantitative estimate of drug-likeness (QED) is 0.838. The van der Waals surface area contributed by atoms with Gasteiger partial charge in [0, 0.05) is 21.1 Å². The summed E-state index contributed by atoms with van der Waals surface area (Å²) in [7, 11) is 0. The van der Waals surface area contributed by atoms with Crippen LogP contribution >= 0.6 is 22.9 Å². The second-order valence-corrected chi connectivity index (χ2v) is 5.51. The van der Waals surface area contributed by atoms with E-state index in [0.717, 1.165) is 5.02 Å². The maximum atomic E-state index is 6.02. The molecular formula is C12H14ClNS. The smallest absolute Gasteiger partial charge is 0.0413 e. The van der Waals surface area contributed by atoms with Gasteiger partial charge in [-0.25, -0.2) is 0 Å². The summed E-state index contributed by atoms with van der Waals surface area (Å²) in [6.45, 7) is 5.01. The van der Waals surface area contributed by atoms with Gasteiger partial charge in [-0.15, -0.1) is 11.3 Å². The SMILES string of the molecule is CC(C)c1c(CN)sc2ccc(Cl)cc12. The van der Waals surface area contributed by atoms with Gasteiger partial charge in [-0.1, -0.05) is 25.4 Å². The van der Waals surface area contributed by atoms with Gasteiger partial charge in [0.2, 0.25) is 0 Å². The van der Waals surface area contributed by atoms with Crippen LogP contribution in [0.25, 0.3) is 10.1 Å². The van der Waals surface area contributed by atoms with E-state index in [4.69, 9.17) is 17.3 Å². The van der Waals surface area contributed by atoms with Gasteiger partial charge in [-0.3, -0.25) is 0 Å². The largest absolute Gasteiger partial charge is 0.326 e. The van der Waals surface area contributed by atoms with Crippen molar-refractivity contribution in [2.24, 2.45) is 5.73 Å². The van der Waals surface area contributed by atoms with E-state index in [1.165, 1.54) is 20.5 Å². The van der Waals surface area contributed by atoms with Crippen LogP contribution in [0, 0.1) is 0 Å². The highest BCUT2D eigenvalue weighted by Crippen LogP contribution is 2.37. The molecule has 0 aliphatic rings. The fourth-order valence-electron chi connectivity index (χ4n) is 1.92. The summed E-state index contributed by atoms with van der Waals surface area (Å²) >= 11 is 7.80. The summed E-state index contributed by atoms with van der Waals surface area (Å²) < 4.78 is 1.28. The van der Waals surface area contributed by atoms with Crippen LogP contribution in [0.5, 0.6) is 0 Å². The first-order valence-electron chi connectivity index (χ1n) is 5.04. The maximum Gasteiger partial charge on any atom is 0.0413 e. The molecule has 15 heavy (non-hydrogen) atoms. The van der Waals surface area contributed by atoms with E-state index in [0.29, 0.717) is 12.5 Å². The second-order valence-electron chi connectivity index (χ2n) is 3.94. The Kier molecular flexibility index (Phi) is 3.01. The highest BCUT2D eigenvalue weighted by Gasteiger charge is 2.13. The molecule has 2 rings (SSSR count). The normalized spacial score (nSPS) is 11.5. The van der Waals surface area contributed by atoms with E-state index in [1.54, 1.807) is 11.3 Å². The average molecular weight is 240 g/mol. The third-order valence-electron chi connectivity index (χ3n) is 2.53. The molecule has 1 heterocycles. The van der Waals surface area contributed by atoms with Crippen molar-refractivity contribution in [2.45, 2.75) is 26.3 Å². The van der Waals surface area contributed by atoms with Crippen LogP contribution in [-0.4, -0.2) is 0 Å². The fourth-order valence-corrected chi connectivity index (χ4v) is 3.32. The third-order valence-corrected chi connectivity index (χ3v) is 3.97. The Labute approximate surface area is 98.9 Å². The Morgan fingerprint density at radius 2 is 2.13 bits per heavy atom. The van der Waals surface area contributed by atoms with E-state index >= 15 is 0 Å². The molecule has 0 aliphatic heterocycles. The van der Waals surface area contributed by atoms with E-state index in [-0.39, 0.29) is 0 Å². The summed E-state index contributed by atoms with van der Waals surface area (Å²) in [5.74, 6) is 0.496. The number of halogens is 1. The molecule has 0 saturated heterocycles. The lowest BCUT2D eigenvalue weighted by Gasteiger charge is -2.06. The van der Waals surface area contributed by atoms with E-state index in [9.17, 15) is 0 Å². The molecule has 0 aliphatic carbocycles. The Morgan fingerprint density at radius 1 is 1.40 bits per heavy atom. The topological polar surface area (TPSA) is 26.0 Å². The molecule has 1 aromatic heterocycles. The minimum atomic E-state index is 0.496. The Morgan fingerprint density at radius 3 is 2.73 bits per heavy atom. The van der Waals surface area contributed by atoms with E-state index in [2.05, 4.69) is 19.9 Å². The van der Waals surface area contributed by atoms with Crippen molar-refractivity contribution >= 4 is 33.0 Å². The maximum absolute atomic E-state index is 6.02. The molecule has 2 aromatic rings. The first-order valence-corrected chi connectivity index (χ1v) is 6.23. The highest BCUT2D eigenvalue weighted by atomic mass is 35.5. The molecule has 0 fully saturated rings. The summed E-state index contributed by atoms with van der Waals surface area (Å²) in [4.78, 5) is 1.28. The molecule has 1 nitrogen and oxygen atoms in total. The fraction of sp³-hybridized carbons (Fsp3) is 0.333. The van der Waals surface area contributed by atoms with E-state index in [1.807, 2.05) is 12.1 Å². The number of nitrogens with two attached hydrogens (primary N) is 1. The van der Waals surface area contributed by atoms with Gasteiger partial charge in [0.1, 0.15) is 0 Å². The molecule has 80 valence electrons. The summed E-state index contributed by atoms with van der Waals surface area (Å²) in [5.41, 5.74) is 7.13. The van der Waals surface area contributed by atoms with Crippen LogP contribution in [0.4, 0.5) is 0 Å². The van der Waals surface area contributed by atoms with Crippen LogP contribution in [0.1, 0.15) is 30.2 Å². The van der Waals surface area contributed by atoms with Crippen molar-refractivity contribution in [3.63, 3.8) is 0 Å². The van der Waals surface area contributed by atoms with Crippen molar-refractivity contribution in [3.8, 4) is 0 Å². The molecular weight excluding hydrogens is 226 g/mol. The zero-order valence-corrected chi connectivity index (χ0v) is 10.5. The predicted octanol–water partition coefficient (Wildman–Crippen LogP) is 4.14. The zero-order valence-electron chi connectivity index (χ0n) is 8.88. The van der Waals surface area contributed by atoms with Gasteiger partial charge < -0.3 is 5.73 Å². The molecule has 0 atom stereocenters. The monoisotopic (exact) mass is 239 g/mol. The number of hydrogen-bond acceptors (Lipinski definition) is 2. The lowest BCUT2D eigenvalue weighted by atomic mass is 9.99. The van der Waals surface area contributed by atoms with Crippen LogP contribution in [-0.2, 0) is 6.54 Å². The highest BCUT2D eigenvalue weighted by molar-refractivity contribution is 7.19. The van der Waals surface area contributed by atoms with Gasteiger partial charge in [0.05, 0.1) is 0 Å². The van der Waals surface area contributed by atoms with Crippen LogP contribution in [0.15, 0.2) is 18.2 Å². The number of rotatable bonds is 2. The van der Waals surface area contributed by atoms with Crippen LogP contribution in [0.2, 0.25) is 5.02 Å². The molecule has 2 N–H and O–H groups in total. The van der Waals surface area contributed by atoms with Crippen molar-refractivity contribution in [1.29, 1.82) is 0 Å². The van der Waals surface area contributed by atoms with Gasteiger partial charge in [-0.05, 0) is 35.1 Å². The number of thiophene rings is 1. The molecule has 0 amide bonds. The minimum Gasteiger partial charge on any atom is -0.326 e. The molecule has 1 aromatic carbocycles. The summed E-state index contributed by atoms with van der Waals surface area (Å²) in [5, 5.41) is 2.06. The first kappa shape index (κ1) is 10.9. The standard InChI is InChI=1S/C12H14ClNS/c1-7(2)12-9-5-8(13)3-4-10(9)15-11(12)6-14/h3-5,7H,6,14H2,1-2H3. The zero-order chi connectivity index (χ0) is 11.0. The molecule has 0 radical (unpaired) electrons. The van der Waals surface area contributed by atoms with Gasteiger partial charge >= 0.3 is 0 Å². The molecule has 0 unspecified atom stereocenters. The lowest BCUT2D eigenvalue weighted by molar-refractivity contribution is 0.860. The Balaban J connectivity index is 2.76. The predicted molar refractivity (Wildman–Crippen MR) is 68.8 cm³/mol. The van der Waals surface area contributed by atoms with E-state index < -0.39 is 0 Å². The van der Waals surface area contributed by atoms with Crippen molar-refractivity contribution < 1.29 is 0 Å². The first-order chi connectivity index (χ1) is 7.13. The molecule has 0 spiro atoms. The van der Waals surface area contributed by atoms with Crippen LogP contribution in [0.3, 0.4) is 0 Å². The lowest BCUT2D eigenvalue weighted by Crippen LogP contribution is -1.98. The van der Waals surface area contributed by atoms with Crippen molar-refractivity contribution in [3.05, 3.63) is 33.7 Å². The summed E-state index contributed by atoms with van der Waals surface area (Å²) in [6, 6.07) is 6.06.